The normalized spacial score (nSPS) is 13.5. The van der Waals surface area contributed by atoms with Gasteiger partial charge in [0.25, 0.3) is 5.91 Å². The van der Waals surface area contributed by atoms with Crippen LogP contribution in [0.5, 0.6) is 5.75 Å². The molecule has 190 valence electrons. The molecule has 0 saturated heterocycles. The summed E-state index contributed by atoms with van der Waals surface area (Å²) in [5.74, 6) is 0.793. The van der Waals surface area contributed by atoms with Gasteiger partial charge in [-0.3, -0.25) is 14.2 Å². The number of carbonyl (C=O) groups excluding carboxylic acids is 2. The van der Waals surface area contributed by atoms with Gasteiger partial charge in [-0.25, -0.2) is 4.98 Å². The van der Waals surface area contributed by atoms with Crippen LogP contribution in [0.25, 0.3) is 16.8 Å². The Morgan fingerprint density at radius 2 is 2.00 bits per heavy atom. The van der Waals surface area contributed by atoms with Crippen molar-refractivity contribution in [3.63, 3.8) is 0 Å². The number of fused-ring (bicyclic) bond motifs is 1. The highest BCUT2D eigenvalue weighted by Crippen LogP contribution is 2.26. The summed E-state index contributed by atoms with van der Waals surface area (Å²) < 4.78 is 7.23. The molecule has 3 aromatic rings. The van der Waals surface area contributed by atoms with Crippen LogP contribution in [0.1, 0.15) is 65.7 Å². The van der Waals surface area contributed by atoms with Crippen LogP contribution >= 0.6 is 0 Å². The maximum atomic E-state index is 12.9. The van der Waals surface area contributed by atoms with Gasteiger partial charge in [0.1, 0.15) is 17.6 Å². The van der Waals surface area contributed by atoms with Crippen LogP contribution in [0.3, 0.4) is 0 Å². The second kappa shape index (κ2) is 11.2. The number of nitrogens with one attached hydrogen (secondary N) is 1. The number of amides is 1. The molecule has 8 heteroatoms. The van der Waals surface area contributed by atoms with Crippen LogP contribution in [0.15, 0.2) is 54.7 Å². The van der Waals surface area contributed by atoms with E-state index in [0.29, 0.717) is 42.0 Å². The van der Waals surface area contributed by atoms with E-state index in [1.54, 1.807) is 22.9 Å². The van der Waals surface area contributed by atoms with E-state index >= 15 is 0 Å². The molecule has 0 spiro atoms. The first kappa shape index (κ1) is 25.9. The van der Waals surface area contributed by atoms with Gasteiger partial charge in [-0.1, -0.05) is 30.3 Å². The number of aromatic nitrogens is 2. The Hall–Kier alpha value is -4.22. The number of nitrogens with zero attached hydrogens (tertiary/aromatic N) is 3. The number of allylic oxidation sites excluding steroid dienone is 2. The van der Waals surface area contributed by atoms with E-state index in [0.717, 1.165) is 22.4 Å². The monoisotopic (exact) mass is 498 g/mol. The molecule has 1 amide bonds. The van der Waals surface area contributed by atoms with Gasteiger partial charge in [0.15, 0.2) is 0 Å². The smallest absolute Gasteiger partial charge is 0.251 e. The predicted octanol–water partition coefficient (Wildman–Crippen LogP) is 4.38. The number of ether oxygens (including phenoxy) is 1. The van der Waals surface area contributed by atoms with Gasteiger partial charge in [-0.05, 0) is 62.9 Å². The lowest BCUT2D eigenvalue weighted by atomic mass is 10.0. The van der Waals surface area contributed by atoms with E-state index in [9.17, 15) is 20.0 Å². The Morgan fingerprint density at radius 3 is 2.65 bits per heavy atom. The number of aliphatic hydroxyl groups excluding tert-OH is 1. The minimum atomic E-state index is -0.320. The molecule has 1 aromatic heterocycles. The van der Waals surface area contributed by atoms with E-state index in [4.69, 9.17) is 4.74 Å². The molecule has 2 heterocycles. The quantitative estimate of drug-likeness (QED) is 0.452. The molecule has 0 aliphatic carbocycles. The Labute approximate surface area is 216 Å². The lowest BCUT2D eigenvalue weighted by Crippen LogP contribution is -2.37. The zero-order valence-electron chi connectivity index (χ0n) is 21.2. The Morgan fingerprint density at radius 1 is 1.24 bits per heavy atom. The molecular weight excluding hydrogens is 468 g/mol. The minimum absolute atomic E-state index is 0.00235. The van der Waals surface area contributed by atoms with Gasteiger partial charge in [0, 0.05) is 36.4 Å². The van der Waals surface area contributed by atoms with E-state index in [2.05, 4.69) is 16.4 Å². The lowest BCUT2D eigenvalue weighted by Gasteiger charge is -2.19. The average molecular weight is 499 g/mol. The molecule has 1 aliphatic heterocycles. The van der Waals surface area contributed by atoms with Crippen LogP contribution < -0.4 is 10.1 Å². The van der Waals surface area contributed by atoms with Crippen molar-refractivity contribution in [2.75, 3.05) is 6.61 Å². The summed E-state index contributed by atoms with van der Waals surface area (Å²) in [4.78, 5) is 29.8. The van der Waals surface area contributed by atoms with Crippen molar-refractivity contribution in [3.05, 3.63) is 77.3 Å². The molecular formula is C29H30N4O4. The molecule has 37 heavy (non-hydrogen) atoms. The molecule has 1 atom stereocenters. The van der Waals surface area contributed by atoms with Crippen LogP contribution in [0.4, 0.5) is 0 Å². The van der Waals surface area contributed by atoms with E-state index in [1.807, 2.05) is 51.1 Å². The van der Waals surface area contributed by atoms with Crippen LogP contribution in [-0.2, 0) is 6.42 Å². The van der Waals surface area contributed by atoms with Crippen molar-refractivity contribution in [1.82, 2.24) is 14.9 Å². The van der Waals surface area contributed by atoms with Crippen LogP contribution in [0.2, 0.25) is 0 Å². The number of carbonyl (C=O) groups is 2. The number of hydrogen-bond acceptors (Lipinski definition) is 6. The van der Waals surface area contributed by atoms with Gasteiger partial charge in [0.05, 0.1) is 17.4 Å². The number of imidazole rings is 1. The first-order chi connectivity index (χ1) is 17.8. The van der Waals surface area contributed by atoms with Crippen molar-refractivity contribution >= 4 is 17.4 Å². The first-order valence-electron chi connectivity index (χ1n) is 12.3. The van der Waals surface area contributed by atoms with Gasteiger partial charge in [-0.2, -0.15) is 5.26 Å². The zero-order chi connectivity index (χ0) is 26.5. The number of hydrogen-bond donors (Lipinski definition) is 2. The largest absolute Gasteiger partial charge is 0.490 e. The van der Waals surface area contributed by atoms with Crippen molar-refractivity contribution in [2.45, 2.75) is 52.2 Å². The summed E-state index contributed by atoms with van der Waals surface area (Å²) in [5.41, 5.74) is 4.23. The summed E-state index contributed by atoms with van der Waals surface area (Å²) in [5, 5.41) is 22.0. The van der Waals surface area contributed by atoms with Crippen molar-refractivity contribution in [1.29, 1.82) is 5.26 Å². The van der Waals surface area contributed by atoms with Crippen LogP contribution in [-0.4, -0.2) is 45.2 Å². The zero-order valence-corrected chi connectivity index (χ0v) is 21.2. The maximum Gasteiger partial charge on any atom is 0.251 e. The fraction of sp³-hybridized carbons (Fsp3) is 0.310. The number of rotatable bonds is 9. The molecule has 0 unspecified atom stereocenters. The van der Waals surface area contributed by atoms with Crippen LogP contribution in [0, 0.1) is 11.3 Å². The Kier molecular flexibility index (Phi) is 7.85. The highest BCUT2D eigenvalue weighted by atomic mass is 16.5. The molecule has 1 aliphatic rings. The molecule has 2 N–H and O–H groups in total. The summed E-state index contributed by atoms with van der Waals surface area (Å²) in [6.45, 7) is 5.61. The molecule has 0 fully saturated rings. The van der Waals surface area contributed by atoms with Gasteiger partial charge >= 0.3 is 0 Å². The summed E-state index contributed by atoms with van der Waals surface area (Å²) in [6, 6.07) is 14.4. The lowest BCUT2D eigenvalue weighted by molar-refractivity contribution is 0.0909. The topological polar surface area (TPSA) is 117 Å². The molecule has 0 radical (unpaired) electrons. The minimum Gasteiger partial charge on any atom is -0.490 e. The Bertz CT molecular complexity index is 1380. The van der Waals surface area contributed by atoms with E-state index in [1.165, 1.54) is 6.07 Å². The Balaban J connectivity index is 1.46. The molecule has 8 nitrogen and oxygen atoms in total. The van der Waals surface area contributed by atoms with Gasteiger partial charge in [0.2, 0.25) is 5.91 Å². The number of nitriles is 1. The van der Waals surface area contributed by atoms with Crippen molar-refractivity contribution in [2.24, 2.45) is 0 Å². The average Bonchev–Trinajstić information content (AvgIpc) is 3.34. The van der Waals surface area contributed by atoms with Crippen molar-refractivity contribution < 1.29 is 19.4 Å². The third kappa shape index (κ3) is 5.96. The molecule has 0 saturated carbocycles. The molecule has 2 aromatic carbocycles. The standard InChI is InChI=1S/C29H30N4O4/c1-18(2)37-26-10-9-22(15-23(26)16-30)29(36)31-24(12-13-34)14-20-5-7-21(8-6-20)25-17-33-27(35)11-4-19(3)28(33)32-25/h4-10,15,17-18,24,34H,11-14H2,1-3H3,(H,31,36)/t24-/m1/s1. The van der Waals surface area contributed by atoms with Crippen molar-refractivity contribution in [3.8, 4) is 23.1 Å². The molecule has 0 bridgehead atoms. The van der Waals surface area contributed by atoms with E-state index < -0.39 is 0 Å². The molecule has 4 rings (SSSR count). The fourth-order valence-electron chi connectivity index (χ4n) is 4.28. The fourth-order valence-corrected chi connectivity index (χ4v) is 4.28. The highest BCUT2D eigenvalue weighted by Gasteiger charge is 2.20. The number of benzene rings is 2. The maximum absolute atomic E-state index is 12.9. The summed E-state index contributed by atoms with van der Waals surface area (Å²) in [6.07, 6.45) is 4.85. The highest BCUT2D eigenvalue weighted by molar-refractivity contribution is 5.95. The summed E-state index contributed by atoms with van der Waals surface area (Å²) in [7, 11) is 0. The predicted molar refractivity (Wildman–Crippen MR) is 140 cm³/mol. The summed E-state index contributed by atoms with van der Waals surface area (Å²) >= 11 is 0. The number of aliphatic hydroxyl groups is 1. The second-order valence-electron chi connectivity index (χ2n) is 9.38. The van der Waals surface area contributed by atoms with E-state index in [-0.39, 0.29) is 30.6 Å². The van der Waals surface area contributed by atoms with Gasteiger partial charge in [-0.15, -0.1) is 0 Å². The SMILES string of the molecule is CC1=CCC(=O)n2cc(-c3ccc(C[C@@H](CCO)NC(=O)c4ccc(OC(C)C)c(C#N)c4)cc3)nc21. The first-order valence-corrected chi connectivity index (χ1v) is 12.3. The third-order valence-electron chi connectivity index (χ3n) is 6.18. The van der Waals surface area contributed by atoms with Gasteiger partial charge < -0.3 is 15.2 Å². The second-order valence-corrected chi connectivity index (χ2v) is 9.38. The third-order valence-corrected chi connectivity index (χ3v) is 6.18.